The van der Waals surface area contributed by atoms with Gasteiger partial charge in [0.25, 0.3) is 0 Å². The van der Waals surface area contributed by atoms with E-state index in [0.29, 0.717) is 31.4 Å². The fourth-order valence-corrected chi connectivity index (χ4v) is 7.70. The molecule has 76 heavy (non-hydrogen) atoms. The quantitative estimate of drug-likeness (QED) is 0.0226. The molecule has 8 atom stereocenters. The summed E-state index contributed by atoms with van der Waals surface area (Å²) in [5.41, 5.74) is 17.0. The molecule has 0 unspecified atom stereocenters. The third-order valence-electron chi connectivity index (χ3n) is 11.7. The second-order valence-electron chi connectivity index (χ2n) is 18.3. The number of nitrogens with two attached hydrogens (primary N) is 3. The molecule has 1 saturated heterocycles. The molecule has 0 saturated carbocycles. The molecule has 0 bridgehead atoms. The molecule has 0 radical (unpaired) electrons. The van der Waals surface area contributed by atoms with E-state index in [4.69, 9.17) is 17.2 Å². The maximum Gasteiger partial charge on any atom is 0.326 e. The number of rotatable bonds is 34. The average molecular weight is 1090 g/mol. The Labute approximate surface area is 444 Å². The Balaban J connectivity index is 2.06. The van der Waals surface area contributed by atoms with Crippen LogP contribution in [-0.4, -0.2) is 179 Å². The third kappa shape index (κ3) is 23.4. The fraction of sp³-hybridized carbons (Fsp3) is 0.596. The zero-order valence-corrected chi connectivity index (χ0v) is 43.6. The first-order valence-electron chi connectivity index (χ1n) is 24.6. The van der Waals surface area contributed by atoms with Crippen molar-refractivity contribution in [1.82, 2.24) is 52.8 Å². The van der Waals surface area contributed by atoms with Crippen LogP contribution in [0, 0.1) is 5.92 Å². The van der Waals surface area contributed by atoms with E-state index < -0.39 is 164 Å². The highest BCUT2D eigenvalue weighted by Gasteiger charge is 2.38. The van der Waals surface area contributed by atoms with E-state index in [9.17, 15) is 72.5 Å². The van der Waals surface area contributed by atoms with Gasteiger partial charge >= 0.3 is 11.9 Å². The standard InChI is InChI=1S/C47H73N13O15S/c1-25(2)39(45(72)53-22-36(63)56-32(20-27-10-5-4-6-11-27)43(70)58-31(47(74)75)12-7-8-18-48)59-37(64)23-52-44(71)33-13-9-19-60(33)46(73)30(15-17-38(65)66)55-35(62)21-51-42(69)29(14-16-34(50)61)57-40(67)26(3)54-41(68)28(49)24-76/h4-6,10-11,25-26,28-33,39,76H,7-9,12-24,48-49H2,1-3H3,(H2,50,61)(H,51,69)(H,52,71)(H,53,72)(H,54,68)(H,55,62)(H,56,63)(H,57,67)(H,58,70)(H,59,64)(H,65,66)(H,74,75)/t26-,28-,29-,30-,31-,32-,33-,39-/m0/s1. The molecule has 1 aliphatic rings. The molecular formula is C47H73N13O15S. The summed E-state index contributed by atoms with van der Waals surface area (Å²) in [6.45, 7) is 2.72. The van der Waals surface area contributed by atoms with Crippen molar-refractivity contribution in [1.29, 1.82) is 0 Å². The highest BCUT2D eigenvalue weighted by Crippen LogP contribution is 2.20. The predicted octanol–water partition coefficient (Wildman–Crippen LogP) is -5.25. The number of carbonyl (C=O) groups is 13. The molecule has 2 rings (SSSR count). The first kappa shape index (κ1) is 64.7. The summed E-state index contributed by atoms with van der Waals surface area (Å²) in [4.78, 5) is 168. The number of carbonyl (C=O) groups excluding carboxylic acids is 11. The Morgan fingerprint density at radius 3 is 1.82 bits per heavy atom. The number of hydrogen-bond donors (Lipinski definition) is 15. The summed E-state index contributed by atoms with van der Waals surface area (Å²) in [6.07, 6.45) is -0.247. The van der Waals surface area contributed by atoms with Crippen molar-refractivity contribution in [3.63, 3.8) is 0 Å². The van der Waals surface area contributed by atoms with Gasteiger partial charge in [0.15, 0.2) is 0 Å². The Hall–Kier alpha value is -7.40. The molecule has 1 aromatic carbocycles. The zero-order chi connectivity index (χ0) is 57.1. The Bertz CT molecular complexity index is 2220. The van der Waals surface area contributed by atoms with E-state index in [2.05, 4.69) is 60.5 Å². The summed E-state index contributed by atoms with van der Waals surface area (Å²) in [5.74, 6) is -12.3. The third-order valence-corrected chi connectivity index (χ3v) is 12.1. The second-order valence-corrected chi connectivity index (χ2v) is 18.6. The van der Waals surface area contributed by atoms with Crippen LogP contribution in [0.25, 0.3) is 0 Å². The highest BCUT2D eigenvalue weighted by molar-refractivity contribution is 7.80. The van der Waals surface area contributed by atoms with Crippen LogP contribution in [0.5, 0.6) is 0 Å². The molecule has 1 heterocycles. The number of carboxylic acid groups (broad SMARTS) is 2. The van der Waals surface area contributed by atoms with Gasteiger partial charge in [0.05, 0.1) is 25.7 Å². The lowest BCUT2D eigenvalue weighted by atomic mass is 10.0. The maximum atomic E-state index is 13.9. The lowest BCUT2D eigenvalue weighted by molar-refractivity contribution is -0.143. The number of unbranched alkanes of at least 4 members (excludes halogenated alkanes) is 1. The van der Waals surface area contributed by atoms with Gasteiger partial charge in [0, 0.05) is 31.6 Å². The molecule has 422 valence electrons. The van der Waals surface area contributed by atoms with E-state index in [0.717, 1.165) is 4.90 Å². The fourth-order valence-electron chi connectivity index (χ4n) is 7.53. The molecule has 1 fully saturated rings. The lowest BCUT2D eigenvalue weighted by Crippen LogP contribution is -2.57. The van der Waals surface area contributed by atoms with E-state index in [-0.39, 0.29) is 44.4 Å². The highest BCUT2D eigenvalue weighted by atomic mass is 32.1. The van der Waals surface area contributed by atoms with Gasteiger partial charge < -0.3 is 80.2 Å². The van der Waals surface area contributed by atoms with E-state index >= 15 is 0 Å². The summed E-state index contributed by atoms with van der Waals surface area (Å²) >= 11 is 3.93. The van der Waals surface area contributed by atoms with Gasteiger partial charge in [-0.1, -0.05) is 44.2 Å². The Morgan fingerprint density at radius 1 is 0.658 bits per heavy atom. The van der Waals surface area contributed by atoms with Gasteiger partial charge in [0.1, 0.15) is 42.3 Å². The monoisotopic (exact) mass is 1090 g/mol. The van der Waals surface area contributed by atoms with Crippen LogP contribution >= 0.6 is 12.6 Å². The number of nitrogens with zero attached hydrogens (tertiary/aromatic N) is 1. The first-order valence-corrected chi connectivity index (χ1v) is 25.3. The number of nitrogens with one attached hydrogen (secondary N) is 9. The molecule has 28 nitrogen and oxygen atoms in total. The molecule has 0 spiro atoms. The van der Waals surface area contributed by atoms with Gasteiger partial charge in [-0.15, -0.1) is 0 Å². The van der Waals surface area contributed by atoms with Gasteiger partial charge in [-0.25, -0.2) is 4.79 Å². The van der Waals surface area contributed by atoms with Crippen molar-refractivity contribution < 1.29 is 72.5 Å². The minimum absolute atomic E-state index is 0.00106. The number of aliphatic carboxylic acids is 2. The normalized spacial score (nSPS) is 15.7. The van der Waals surface area contributed by atoms with Crippen LogP contribution in [0.2, 0.25) is 0 Å². The number of likely N-dealkylation sites (tertiary alicyclic amines) is 1. The van der Waals surface area contributed by atoms with Gasteiger partial charge in [0.2, 0.25) is 65.0 Å². The van der Waals surface area contributed by atoms with Gasteiger partial charge in [-0.2, -0.15) is 12.6 Å². The van der Waals surface area contributed by atoms with Crippen molar-refractivity contribution in [2.24, 2.45) is 23.1 Å². The summed E-state index contributed by atoms with van der Waals surface area (Å²) in [5, 5.41) is 40.8. The summed E-state index contributed by atoms with van der Waals surface area (Å²) < 4.78 is 0. The SMILES string of the molecule is CC(C)[C@H](NC(=O)CNC(=O)[C@@H]1CCCN1C(=O)[C@H](CCC(=O)O)NC(=O)CNC(=O)[C@H](CCC(N)=O)NC(=O)[C@H](C)NC(=O)[C@@H](N)CS)C(=O)NCC(=O)N[C@@H](Cc1ccccc1)C(=O)N[C@@H](CCCCN)C(=O)O. The topological polar surface area (TPSA) is 452 Å². The molecular weight excluding hydrogens is 1020 g/mol. The molecule has 0 aromatic heterocycles. The van der Waals surface area contributed by atoms with Crippen molar-refractivity contribution in [3.05, 3.63) is 35.9 Å². The predicted molar refractivity (Wildman–Crippen MR) is 274 cm³/mol. The number of carboxylic acids is 2. The Kier molecular flexibility index (Phi) is 28.5. The molecule has 17 N–H and O–H groups in total. The van der Waals surface area contributed by atoms with Crippen LogP contribution in [0.3, 0.4) is 0 Å². The summed E-state index contributed by atoms with van der Waals surface area (Å²) in [7, 11) is 0. The van der Waals surface area contributed by atoms with Gasteiger partial charge in [-0.3, -0.25) is 57.5 Å². The van der Waals surface area contributed by atoms with Crippen LogP contribution in [0.4, 0.5) is 0 Å². The molecule has 1 aliphatic heterocycles. The zero-order valence-electron chi connectivity index (χ0n) is 42.7. The molecule has 29 heteroatoms. The lowest BCUT2D eigenvalue weighted by Gasteiger charge is -2.29. The number of hydrogen-bond acceptors (Lipinski definition) is 16. The molecule has 11 amide bonds. The minimum atomic E-state index is -1.52. The Morgan fingerprint density at radius 2 is 1.24 bits per heavy atom. The van der Waals surface area contributed by atoms with Gasteiger partial charge in [-0.05, 0) is 69.9 Å². The number of primary amides is 1. The second kappa shape index (κ2) is 33.5. The van der Waals surface area contributed by atoms with Crippen molar-refractivity contribution in [2.75, 3.05) is 38.5 Å². The van der Waals surface area contributed by atoms with E-state index in [1.165, 1.54) is 6.92 Å². The van der Waals surface area contributed by atoms with Crippen molar-refractivity contribution in [2.45, 2.75) is 133 Å². The van der Waals surface area contributed by atoms with Crippen LogP contribution < -0.4 is 65.1 Å². The average Bonchev–Trinajstić information content (AvgIpc) is 3.87. The summed E-state index contributed by atoms with van der Waals surface area (Å²) in [6, 6.07) is -1.46. The van der Waals surface area contributed by atoms with Crippen LogP contribution in [-0.2, 0) is 68.7 Å². The van der Waals surface area contributed by atoms with E-state index in [1.54, 1.807) is 44.2 Å². The minimum Gasteiger partial charge on any atom is -0.481 e. The smallest absolute Gasteiger partial charge is 0.326 e. The number of amides is 11. The van der Waals surface area contributed by atoms with Crippen LogP contribution in [0.15, 0.2) is 30.3 Å². The van der Waals surface area contributed by atoms with Crippen molar-refractivity contribution >= 4 is 89.5 Å². The first-order chi connectivity index (χ1) is 35.9. The number of thiol groups is 1. The largest absolute Gasteiger partial charge is 0.481 e. The molecule has 0 aliphatic carbocycles. The number of benzene rings is 1. The molecule has 1 aromatic rings. The van der Waals surface area contributed by atoms with Crippen LogP contribution in [0.1, 0.15) is 84.1 Å². The maximum absolute atomic E-state index is 13.9. The van der Waals surface area contributed by atoms with E-state index in [1.807, 2.05) is 0 Å². The van der Waals surface area contributed by atoms with Crippen molar-refractivity contribution in [3.8, 4) is 0 Å².